The van der Waals surface area contributed by atoms with E-state index < -0.39 is 60.3 Å². The van der Waals surface area contributed by atoms with E-state index in [2.05, 4.69) is 53.2 Å². The van der Waals surface area contributed by atoms with Gasteiger partial charge in [0.2, 0.25) is 41.4 Å². The fraction of sp³-hybridized carbons (Fsp3) is 0.712. The molecule has 6 atom stereocenters. The molecule has 2 fully saturated rings. The second-order valence-corrected chi connectivity index (χ2v) is 20.2. The van der Waals surface area contributed by atoms with E-state index in [4.69, 9.17) is 39.9 Å². The van der Waals surface area contributed by atoms with Gasteiger partial charge in [0.15, 0.2) is 0 Å². The van der Waals surface area contributed by atoms with Crippen LogP contribution in [0.5, 0.6) is 0 Å². The monoisotopic (exact) mass is 1150 g/mol. The second-order valence-electron chi connectivity index (χ2n) is 18.9. The highest BCUT2D eigenvalue weighted by atomic mass is 32.2. The minimum atomic E-state index is -1.12. The van der Waals surface area contributed by atoms with Crippen LogP contribution in [0.2, 0.25) is 0 Å². The van der Waals surface area contributed by atoms with Crippen molar-refractivity contribution in [2.24, 2.45) is 11.5 Å². The highest BCUT2D eigenvalue weighted by Gasteiger charge is 2.42. The molecule has 2 unspecified atom stereocenters. The van der Waals surface area contributed by atoms with Gasteiger partial charge >= 0.3 is 12.1 Å². The number of nitrogens with two attached hydrogens (primary N) is 2. The molecule has 2 saturated heterocycles. The number of unbranched alkanes of at least 4 members (excludes halogenated alkanes) is 2. The summed E-state index contributed by atoms with van der Waals surface area (Å²) in [6.45, 7) is 5.25. The predicted octanol–water partition coefficient (Wildman–Crippen LogP) is -1.69. The molecule has 1 aromatic carbocycles. The summed E-state index contributed by atoms with van der Waals surface area (Å²) in [5.41, 5.74) is 12.0. The van der Waals surface area contributed by atoms with E-state index in [1.54, 1.807) is 24.3 Å². The van der Waals surface area contributed by atoms with Crippen molar-refractivity contribution in [2.75, 3.05) is 118 Å². The van der Waals surface area contributed by atoms with Gasteiger partial charge in [-0.2, -0.15) is 11.8 Å². The van der Waals surface area contributed by atoms with Crippen LogP contribution in [0.3, 0.4) is 0 Å². The molecule has 0 bridgehead atoms. The van der Waals surface area contributed by atoms with Gasteiger partial charge in [-0.25, -0.2) is 9.59 Å². The van der Waals surface area contributed by atoms with Crippen molar-refractivity contribution in [2.45, 2.75) is 120 Å². The van der Waals surface area contributed by atoms with Crippen molar-refractivity contribution in [1.29, 1.82) is 0 Å². The zero-order valence-electron chi connectivity index (χ0n) is 46.3. The van der Waals surface area contributed by atoms with E-state index >= 15 is 0 Å². The standard InChI is InChI=1S/C52H88N12O15S/c1-37(60-50(71)40(15-9-19-54)63-52(73)79-34-38-12-3-2-4-13-38)48(69)61-39(14-7-8-18-53)49(70)59-33-45(67)58-32-44(66)57-22-25-76-30-31-78-35-46(68)56-21-11-24-75-27-29-77-28-26-74-23-10-20-55-43(65)17-6-5-16-42-47-41(36-80-42)62-51(72)64-47/h2-4,12-13,37,39-42,47H,5-11,14-36,53-54H2,1H3,(H,55,65)(H,56,68)(H,57,66)(H,58,67)(H,59,70)(H,60,71)(H,61,69)(H,63,73)(H2,62,64,72)/t37-,39-,40-,41?,42-,47?/m0/s1. The number of nitrogens with one attached hydrogen (secondary N) is 10. The molecule has 0 aliphatic carbocycles. The number of benzene rings is 1. The first-order chi connectivity index (χ1) is 38.8. The molecular formula is C52H88N12O15S. The van der Waals surface area contributed by atoms with Crippen LogP contribution in [-0.2, 0) is 68.6 Å². The van der Waals surface area contributed by atoms with Crippen molar-refractivity contribution in [3.8, 4) is 0 Å². The third kappa shape index (κ3) is 31.8. The highest BCUT2D eigenvalue weighted by molar-refractivity contribution is 8.00. The van der Waals surface area contributed by atoms with Crippen molar-refractivity contribution >= 4 is 65.2 Å². The summed E-state index contributed by atoms with van der Waals surface area (Å²) in [6.07, 6.45) is 5.56. The summed E-state index contributed by atoms with van der Waals surface area (Å²) in [4.78, 5) is 112. The number of hydrogen-bond donors (Lipinski definition) is 12. The van der Waals surface area contributed by atoms with E-state index in [0.29, 0.717) is 103 Å². The maximum atomic E-state index is 13.2. The first kappa shape index (κ1) is 68.4. The molecule has 27 nitrogen and oxygen atoms in total. The fourth-order valence-corrected chi connectivity index (χ4v) is 9.48. The van der Waals surface area contributed by atoms with Gasteiger partial charge in [-0.15, -0.1) is 0 Å². The minimum absolute atomic E-state index is 0.0119. The molecule has 0 aromatic heterocycles. The Bertz CT molecular complexity index is 2000. The SMILES string of the molecule is C[C@H](NC(=O)[C@H](CCCN)NC(=O)OCc1ccccc1)C(=O)N[C@@H](CCCCN)C(=O)NCC(=O)NCC(=O)NCCOCCOCC(=O)NCCCOCCOCCOCCCNC(=O)CCCC[C@@H]1SCC2NC(=O)NC21. The van der Waals surface area contributed by atoms with Crippen molar-refractivity contribution in [1.82, 2.24) is 53.2 Å². The third-order valence-corrected chi connectivity index (χ3v) is 13.8. The first-order valence-electron chi connectivity index (χ1n) is 27.7. The summed E-state index contributed by atoms with van der Waals surface area (Å²) in [5, 5.41) is 27.2. The largest absolute Gasteiger partial charge is 0.445 e. The van der Waals surface area contributed by atoms with Crippen LogP contribution in [0.25, 0.3) is 0 Å². The van der Waals surface area contributed by atoms with Crippen LogP contribution >= 0.6 is 11.8 Å². The van der Waals surface area contributed by atoms with Crippen LogP contribution in [0.15, 0.2) is 30.3 Å². The van der Waals surface area contributed by atoms with Gasteiger partial charge in [-0.1, -0.05) is 36.8 Å². The Hall–Kier alpha value is -5.88. The Kier molecular flexibility index (Phi) is 36.7. The molecule has 28 heteroatoms. The highest BCUT2D eigenvalue weighted by Crippen LogP contribution is 2.33. The molecule has 1 aromatic rings. The Morgan fingerprint density at radius 3 is 1.89 bits per heavy atom. The molecule has 14 N–H and O–H groups in total. The normalized spacial score (nSPS) is 16.4. The van der Waals surface area contributed by atoms with Gasteiger partial charge in [0.25, 0.3) is 0 Å². The number of fused-ring (bicyclic) bond motifs is 1. The quantitative estimate of drug-likeness (QED) is 0.0256. The number of rotatable bonds is 46. The lowest BCUT2D eigenvalue weighted by Crippen LogP contribution is -2.56. The van der Waals surface area contributed by atoms with Crippen molar-refractivity contribution in [3.63, 3.8) is 0 Å². The van der Waals surface area contributed by atoms with Gasteiger partial charge in [0.05, 0.1) is 71.4 Å². The minimum Gasteiger partial charge on any atom is -0.445 e. The van der Waals surface area contributed by atoms with E-state index in [-0.39, 0.29) is 95.4 Å². The molecular weight excluding hydrogens is 1060 g/mol. The number of amides is 10. The Morgan fingerprint density at radius 1 is 0.588 bits per heavy atom. The topological polar surface area (TPSA) is 381 Å². The molecule has 80 heavy (non-hydrogen) atoms. The van der Waals surface area contributed by atoms with Gasteiger partial charge in [-0.05, 0) is 83.4 Å². The molecule has 2 aliphatic rings. The maximum Gasteiger partial charge on any atom is 0.408 e. The number of carbonyl (C=O) groups is 9. The van der Waals surface area contributed by atoms with Gasteiger partial charge in [0, 0.05) is 50.3 Å². The number of thioether (sulfide) groups is 1. The fourth-order valence-electron chi connectivity index (χ4n) is 7.94. The summed E-state index contributed by atoms with van der Waals surface area (Å²) in [5.74, 6) is -2.47. The van der Waals surface area contributed by atoms with Crippen LogP contribution < -0.4 is 64.6 Å². The molecule has 3 rings (SSSR count). The van der Waals surface area contributed by atoms with E-state index in [1.165, 1.54) is 6.92 Å². The average Bonchev–Trinajstić information content (AvgIpc) is 4.01. The maximum absolute atomic E-state index is 13.2. The Balaban J connectivity index is 1.10. The molecule has 0 spiro atoms. The average molecular weight is 1150 g/mol. The molecule has 2 heterocycles. The molecule has 0 saturated carbocycles. The van der Waals surface area contributed by atoms with Crippen LogP contribution in [0, 0.1) is 0 Å². The van der Waals surface area contributed by atoms with E-state index in [9.17, 15) is 43.2 Å². The van der Waals surface area contributed by atoms with Crippen LogP contribution in [0.4, 0.5) is 9.59 Å². The smallest absolute Gasteiger partial charge is 0.408 e. The van der Waals surface area contributed by atoms with Gasteiger partial charge in [0.1, 0.15) is 31.3 Å². The van der Waals surface area contributed by atoms with E-state index in [1.807, 2.05) is 17.8 Å². The Labute approximate surface area is 473 Å². The summed E-state index contributed by atoms with van der Waals surface area (Å²) < 4.78 is 32.6. The van der Waals surface area contributed by atoms with Crippen molar-refractivity contribution < 1.29 is 71.6 Å². The second kappa shape index (κ2) is 42.9. The summed E-state index contributed by atoms with van der Waals surface area (Å²) >= 11 is 1.89. The van der Waals surface area contributed by atoms with E-state index in [0.717, 1.165) is 30.6 Å². The van der Waals surface area contributed by atoms with Gasteiger partial charge in [-0.3, -0.25) is 33.6 Å². The molecule has 10 amide bonds. The Morgan fingerprint density at radius 2 is 1.19 bits per heavy atom. The van der Waals surface area contributed by atoms with Crippen LogP contribution in [-0.4, -0.2) is 207 Å². The van der Waals surface area contributed by atoms with Crippen molar-refractivity contribution in [3.05, 3.63) is 35.9 Å². The third-order valence-electron chi connectivity index (χ3n) is 12.3. The lowest BCUT2D eigenvalue weighted by Gasteiger charge is -2.23. The summed E-state index contributed by atoms with van der Waals surface area (Å²) in [6, 6.07) is 6.07. The number of urea groups is 1. The first-order valence-corrected chi connectivity index (χ1v) is 28.7. The number of alkyl carbamates (subject to hydrolysis) is 1. The number of ether oxygens (including phenoxy) is 6. The zero-order valence-corrected chi connectivity index (χ0v) is 47.1. The predicted molar refractivity (Wildman–Crippen MR) is 297 cm³/mol. The zero-order chi connectivity index (χ0) is 58.0. The molecule has 452 valence electrons. The lowest BCUT2D eigenvalue weighted by molar-refractivity contribution is -0.133. The van der Waals surface area contributed by atoms with Crippen LogP contribution in [0.1, 0.15) is 83.1 Å². The molecule has 2 aliphatic heterocycles. The summed E-state index contributed by atoms with van der Waals surface area (Å²) in [7, 11) is 0. The molecule has 0 radical (unpaired) electrons. The number of carbonyl (C=O) groups excluding carboxylic acids is 9. The number of hydrogen-bond acceptors (Lipinski definition) is 18. The lowest BCUT2D eigenvalue weighted by atomic mass is 10.0. The van der Waals surface area contributed by atoms with Gasteiger partial charge < -0.3 is 93.1 Å².